The van der Waals surface area contributed by atoms with Gasteiger partial charge >= 0.3 is 0 Å². The van der Waals surface area contributed by atoms with E-state index in [0.29, 0.717) is 41.9 Å². The first-order valence-electron chi connectivity index (χ1n) is 19.8. The van der Waals surface area contributed by atoms with Crippen LogP contribution in [0.25, 0.3) is 0 Å². The molecule has 4 saturated heterocycles. The number of aliphatic hydroxyl groups is 6. The summed E-state index contributed by atoms with van der Waals surface area (Å²) < 4.78 is 37.6. The Bertz CT molecular complexity index is 1300. The van der Waals surface area contributed by atoms with Gasteiger partial charge in [-0.2, -0.15) is 0 Å². The maximum absolute atomic E-state index is 11.1. The van der Waals surface area contributed by atoms with Crippen molar-refractivity contribution in [2.45, 2.75) is 172 Å². The highest BCUT2D eigenvalue weighted by Gasteiger charge is 2.67. The van der Waals surface area contributed by atoms with Crippen LogP contribution in [-0.4, -0.2) is 123 Å². The molecule has 6 N–H and O–H groups in total. The van der Waals surface area contributed by atoms with Crippen molar-refractivity contribution in [2.24, 2.45) is 46.3 Å². The molecule has 0 unspecified atom stereocenters. The van der Waals surface area contributed by atoms with Crippen LogP contribution in [0.4, 0.5) is 0 Å². The van der Waals surface area contributed by atoms with E-state index in [2.05, 4.69) is 33.8 Å². The summed E-state index contributed by atoms with van der Waals surface area (Å²) in [6, 6.07) is 0. The molecule has 12 heteroatoms. The molecule has 0 bridgehead atoms. The van der Waals surface area contributed by atoms with E-state index in [1.807, 2.05) is 0 Å². The summed E-state index contributed by atoms with van der Waals surface area (Å²) in [5, 5.41) is 62.9. The van der Waals surface area contributed by atoms with E-state index in [1.54, 1.807) is 0 Å². The molecule has 8 rings (SSSR count). The lowest BCUT2D eigenvalue weighted by molar-refractivity contribution is -0.369. The maximum atomic E-state index is 11.1. The Morgan fingerprint density at radius 2 is 1.63 bits per heavy atom. The van der Waals surface area contributed by atoms with Crippen LogP contribution in [0.2, 0.25) is 0 Å². The van der Waals surface area contributed by atoms with Crippen LogP contribution in [0.3, 0.4) is 0 Å². The van der Waals surface area contributed by atoms with Gasteiger partial charge in [-0.05, 0) is 98.7 Å². The molecule has 0 amide bonds. The van der Waals surface area contributed by atoms with E-state index < -0.39 is 73.8 Å². The van der Waals surface area contributed by atoms with Crippen LogP contribution < -0.4 is 0 Å². The van der Waals surface area contributed by atoms with Crippen LogP contribution in [0.1, 0.15) is 92.4 Å². The van der Waals surface area contributed by atoms with Crippen LogP contribution in [0.15, 0.2) is 11.6 Å². The highest BCUT2D eigenvalue weighted by atomic mass is 16.8. The molecule has 4 aliphatic carbocycles. The van der Waals surface area contributed by atoms with Crippen molar-refractivity contribution in [3.63, 3.8) is 0 Å². The van der Waals surface area contributed by atoms with Crippen molar-refractivity contribution in [1.82, 2.24) is 0 Å². The minimum atomic E-state index is -1.61. The van der Waals surface area contributed by atoms with Gasteiger partial charge < -0.3 is 59.1 Å². The van der Waals surface area contributed by atoms with Crippen molar-refractivity contribution in [2.75, 3.05) is 13.2 Å². The second-order valence-corrected chi connectivity index (χ2v) is 18.3. The van der Waals surface area contributed by atoms with Crippen LogP contribution in [-0.2, 0) is 28.4 Å². The molecule has 0 aromatic carbocycles. The Kier molecular flexibility index (Phi) is 9.83. The van der Waals surface area contributed by atoms with Gasteiger partial charge in [0.25, 0.3) is 0 Å². The first-order valence-corrected chi connectivity index (χ1v) is 19.8. The topological polar surface area (TPSA) is 177 Å². The number of aliphatic hydroxyl groups excluding tert-OH is 6. The van der Waals surface area contributed by atoms with Crippen LogP contribution >= 0.6 is 0 Å². The third kappa shape index (κ3) is 5.84. The molecular formula is C39H62O12. The largest absolute Gasteiger partial charge is 0.394 e. The molecule has 7 fully saturated rings. The number of rotatable bonds is 5. The summed E-state index contributed by atoms with van der Waals surface area (Å²) in [5.41, 5.74) is 1.62. The smallest absolute Gasteiger partial charge is 0.187 e. The van der Waals surface area contributed by atoms with Gasteiger partial charge in [-0.25, -0.2) is 0 Å². The number of fused-ring (bicyclic) bond motifs is 7. The number of hydrogen-bond acceptors (Lipinski definition) is 12. The molecule has 51 heavy (non-hydrogen) atoms. The number of hydrogen-bond donors (Lipinski definition) is 6. The summed E-state index contributed by atoms with van der Waals surface area (Å²) in [6.45, 7) is 11.5. The summed E-state index contributed by atoms with van der Waals surface area (Å²) in [5.74, 6) is 3.01. The normalized spacial score (nSPS) is 58.4. The lowest BCUT2D eigenvalue weighted by Gasteiger charge is -2.61. The molecule has 21 atom stereocenters. The van der Waals surface area contributed by atoms with E-state index in [0.717, 1.165) is 38.7 Å². The monoisotopic (exact) mass is 722 g/mol. The van der Waals surface area contributed by atoms with Gasteiger partial charge in [0.15, 0.2) is 18.4 Å². The Labute approximate surface area is 301 Å². The molecule has 4 aliphatic heterocycles. The van der Waals surface area contributed by atoms with Crippen LogP contribution in [0, 0.1) is 46.3 Å². The van der Waals surface area contributed by atoms with E-state index in [1.165, 1.54) is 31.8 Å². The quantitative estimate of drug-likeness (QED) is 0.229. The van der Waals surface area contributed by atoms with E-state index in [-0.39, 0.29) is 23.0 Å². The van der Waals surface area contributed by atoms with Gasteiger partial charge in [0.2, 0.25) is 0 Å². The minimum absolute atomic E-state index is 0.0334. The fourth-order valence-electron chi connectivity index (χ4n) is 12.5. The first kappa shape index (κ1) is 37.2. The SMILES string of the molecule is C[C@@H]1CC[C@@]2(OC1)O[C@H]1C[C@@H]3[C@H](CC[C@H]4[C@@]3(C)CC=C3C[C@@H](O[C@@H]5O[C@H](CO)[C@@H](O)[C@H](O)[C@H]5O[C@@H]5O[C@H](C)[C@H](O)[C@@H](O)[C@H]5O)CC[C@@]34C)[C@H]1[C@@H]2C. The fraction of sp³-hybridized carbons (Fsp3) is 0.949. The molecule has 0 radical (unpaired) electrons. The van der Waals surface area contributed by atoms with Gasteiger partial charge in [0.05, 0.1) is 31.5 Å². The first-order chi connectivity index (χ1) is 24.2. The zero-order valence-electron chi connectivity index (χ0n) is 30.9. The standard InChI is InChI=1S/C39H62O12/c1-18-8-13-39(46-17-18)19(2)28-23-6-7-27-37(4)12-10-22(14-21(37)9-11-38(27,5)24(23)15-25(28)51-39)48-36-34(32(44)30(42)26(16-40)49-36)50-35-33(45)31(43)29(41)20(3)47-35/h9,18-20,22-36,40-45H,6-8,10-17H2,1-5H3/t18-,19+,20-,22+,23+,24-,25+,26-,27-,28-,29+,30-,31-,32+,33-,34-,35+,36-,37+,38+,39-/m1/s1. The molecule has 12 nitrogen and oxygen atoms in total. The summed E-state index contributed by atoms with van der Waals surface area (Å²) >= 11 is 0. The van der Waals surface area contributed by atoms with Crippen molar-refractivity contribution in [1.29, 1.82) is 0 Å². The Balaban J connectivity index is 0.968. The third-order valence-corrected chi connectivity index (χ3v) is 15.6. The van der Waals surface area contributed by atoms with Gasteiger partial charge in [-0.15, -0.1) is 0 Å². The van der Waals surface area contributed by atoms with Crippen LogP contribution in [0.5, 0.6) is 0 Å². The molecule has 290 valence electrons. The Hall–Kier alpha value is -0.740. The Morgan fingerprint density at radius 3 is 2.35 bits per heavy atom. The predicted molar refractivity (Wildman–Crippen MR) is 182 cm³/mol. The van der Waals surface area contributed by atoms with Gasteiger partial charge in [0, 0.05) is 12.3 Å². The zero-order chi connectivity index (χ0) is 36.2. The second-order valence-electron chi connectivity index (χ2n) is 18.3. The lowest BCUT2D eigenvalue weighted by Crippen LogP contribution is -2.64. The summed E-state index contributed by atoms with van der Waals surface area (Å²) in [7, 11) is 0. The van der Waals surface area contributed by atoms with Crippen molar-refractivity contribution < 1.29 is 59.1 Å². The highest BCUT2D eigenvalue weighted by Crippen LogP contribution is 2.70. The third-order valence-electron chi connectivity index (χ3n) is 15.6. The molecule has 8 aliphatic rings. The zero-order valence-corrected chi connectivity index (χ0v) is 30.9. The second kappa shape index (κ2) is 13.5. The van der Waals surface area contributed by atoms with Crippen molar-refractivity contribution in [3.8, 4) is 0 Å². The number of ether oxygens (including phenoxy) is 6. The molecule has 0 aromatic heterocycles. The highest BCUT2D eigenvalue weighted by molar-refractivity contribution is 5.28. The maximum Gasteiger partial charge on any atom is 0.187 e. The van der Waals surface area contributed by atoms with Crippen molar-refractivity contribution >= 4 is 0 Å². The molecule has 4 heterocycles. The van der Waals surface area contributed by atoms with E-state index in [9.17, 15) is 30.6 Å². The number of allylic oxidation sites excluding steroid dienone is 1. The average Bonchev–Trinajstić information content (AvgIpc) is 3.60. The summed E-state index contributed by atoms with van der Waals surface area (Å²) in [4.78, 5) is 0. The van der Waals surface area contributed by atoms with E-state index >= 15 is 0 Å². The summed E-state index contributed by atoms with van der Waals surface area (Å²) in [6.07, 6.45) is -1.69. The minimum Gasteiger partial charge on any atom is -0.394 e. The molecular weight excluding hydrogens is 660 g/mol. The Morgan fingerprint density at radius 1 is 0.843 bits per heavy atom. The van der Waals surface area contributed by atoms with Gasteiger partial charge in [-0.3, -0.25) is 0 Å². The van der Waals surface area contributed by atoms with Crippen molar-refractivity contribution in [3.05, 3.63) is 11.6 Å². The fourth-order valence-corrected chi connectivity index (χ4v) is 12.5. The molecule has 1 spiro atoms. The predicted octanol–water partition coefficient (Wildman–Crippen LogP) is 2.39. The average molecular weight is 723 g/mol. The molecule has 0 aromatic rings. The van der Waals surface area contributed by atoms with Gasteiger partial charge in [0.1, 0.15) is 42.7 Å². The van der Waals surface area contributed by atoms with Gasteiger partial charge in [-0.1, -0.05) is 39.3 Å². The van der Waals surface area contributed by atoms with E-state index in [4.69, 9.17) is 28.4 Å². The lowest BCUT2D eigenvalue weighted by atomic mass is 9.44. The molecule has 3 saturated carbocycles.